The summed E-state index contributed by atoms with van der Waals surface area (Å²) in [6, 6.07) is 6.29. The molecule has 4 heterocycles. The van der Waals surface area contributed by atoms with Gasteiger partial charge in [-0.15, -0.1) is 0 Å². The second-order valence-corrected chi connectivity index (χ2v) is 9.87. The van der Waals surface area contributed by atoms with Crippen molar-refractivity contribution in [1.29, 1.82) is 0 Å². The summed E-state index contributed by atoms with van der Waals surface area (Å²) in [6.45, 7) is 5.75. The Hall–Kier alpha value is -3.00. The fraction of sp³-hybridized carbons (Fsp3) is 0.538. The number of likely N-dealkylation sites (N-methyl/N-ethyl adjacent to an activating group) is 1. The summed E-state index contributed by atoms with van der Waals surface area (Å²) in [6.07, 6.45) is 8.51. The summed E-state index contributed by atoms with van der Waals surface area (Å²) >= 11 is 0. The van der Waals surface area contributed by atoms with Crippen LogP contribution in [0, 0.1) is 0 Å². The first kappa shape index (κ1) is 22.8. The minimum atomic E-state index is -1.03. The summed E-state index contributed by atoms with van der Waals surface area (Å²) < 4.78 is 7.53. The SMILES string of the molecule is CC(C)c1nn(C2CCCCC2)c2nc(C(=O)O)cc(-c3ccc(N(C)C4CCOC4)nc3)c12. The molecule has 1 aliphatic carbocycles. The van der Waals surface area contributed by atoms with Crippen molar-refractivity contribution in [2.45, 2.75) is 70.4 Å². The summed E-state index contributed by atoms with van der Waals surface area (Å²) in [5.74, 6) is 0.0329. The maximum atomic E-state index is 12.0. The van der Waals surface area contributed by atoms with Crippen molar-refractivity contribution in [1.82, 2.24) is 19.7 Å². The Balaban J connectivity index is 1.63. The van der Waals surface area contributed by atoms with Crippen LogP contribution < -0.4 is 4.90 Å². The van der Waals surface area contributed by atoms with E-state index in [1.165, 1.54) is 19.3 Å². The van der Waals surface area contributed by atoms with E-state index in [1.54, 1.807) is 6.07 Å². The smallest absolute Gasteiger partial charge is 0.354 e. The van der Waals surface area contributed by atoms with E-state index in [9.17, 15) is 9.90 Å². The third-order valence-electron chi connectivity index (χ3n) is 7.25. The maximum Gasteiger partial charge on any atom is 0.354 e. The van der Waals surface area contributed by atoms with Crippen LogP contribution in [-0.4, -0.2) is 57.1 Å². The number of aromatic carboxylic acids is 1. The number of pyridine rings is 2. The number of carboxylic acids is 1. The number of hydrogen-bond donors (Lipinski definition) is 1. The van der Waals surface area contributed by atoms with Gasteiger partial charge in [-0.3, -0.25) is 0 Å². The zero-order valence-corrected chi connectivity index (χ0v) is 20.2. The van der Waals surface area contributed by atoms with Gasteiger partial charge in [0.05, 0.1) is 29.8 Å². The number of rotatable bonds is 6. The van der Waals surface area contributed by atoms with Crippen molar-refractivity contribution in [2.75, 3.05) is 25.2 Å². The van der Waals surface area contributed by atoms with Crippen LogP contribution in [0.25, 0.3) is 22.2 Å². The molecule has 5 rings (SSSR count). The van der Waals surface area contributed by atoms with E-state index in [0.717, 1.165) is 53.9 Å². The largest absolute Gasteiger partial charge is 0.477 e. The Labute approximate surface area is 200 Å². The number of ether oxygens (including phenoxy) is 1. The summed E-state index contributed by atoms with van der Waals surface area (Å²) in [5, 5.41) is 15.8. The predicted octanol–water partition coefficient (Wildman–Crippen LogP) is 5.05. The van der Waals surface area contributed by atoms with Crippen LogP contribution >= 0.6 is 0 Å². The molecule has 1 saturated heterocycles. The standard InChI is InChI=1S/C26H33N5O3/c1-16(2)24-23-20(17-9-10-22(27-14-17)30(3)19-11-12-34-15-19)13-21(26(32)33)28-25(23)31(29-24)18-7-5-4-6-8-18/h9-10,13-14,16,18-19H,4-8,11-12,15H2,1-3H3,(H,32,33). The predicted molar refractivity (Wildman–Crippen MR) is 132 cm³/mol. The highest BCUT2D eigenvalue weighted by molar-refractivity contribution is 5.99. The van der Waals surface area contributed by atoms with E-state index >= 15 is 0 Å². The summed E-state index contributed by atoms with van der Waals surface area (Å²) in [4.78, 5) is 23.5. The molecule has 0 spiro atoms. The Morgan fingerprint density at radius 1 is 1.21 bits per heavy atom. The molecule has 8 heteroatoms. The van der Waals surface area contributed by atoms with Gasteiger partial charge in [-0.25, -0.2) is 19.4 Å². The van der Waals surface area contributed by atoms with Crippen LogP contribution in [-0.2, 0) is 4.74 Å². The molecule has 1 aliphatic heterocycles. The van der Waals surface area contributed by atoms with E-state index in [1.807, 2.05) is 30.1 Å². The molecule has 2 aliphatic rings. The van der Waals surface area contributed by atoms with Crippen LogP contribution in [0.1, 0.15) is 80.5 Å². The monoisotopic (exact) mass is 463 g/mol. The average Bonchev–Trinajstić information content (AvgIpc) is 3.52. The molecule has 0 bridgehead atoms. The molecule has 3 aromatic heterocycles. The fourth-order valence-corrected chi connectivity index (χ4v) is 5.25. The molecule has 1 saturated carbocycles. The second kappa shape index (κ2) is 9.33. The number of carbonyl (C=O) groups is 1. The molecule has 0 radical (unpaired) electrons. The van der Waals surface area contributed by atoms with Crippen molar-refractivity contribution >= 4 is 22.8 Å². The Morgan fingerprint density at radius 2 is 2.00 bits per heavy atom. The van der Waals surface area contributed by atoms with Crippen LogP contribution in [0.2, 0.25) is 0 Å². The second-order valence-electron chi connectivity index (χ2n) is 9.87. The zero-order valence-electron chi connectivity index (χ0n) is 20.2. The molecule has 1 unspecified atom stereocenters. The van der Waals surface area contributed by atoms with Crippen molar-refractivity contribution < 1.29 is 14.6 Å². The molecular weight excluding hydrogens is 430 g/mol. The van der Waals surface area contributed by atoms with Gasteiger partial charge < -0.3 is 14.7 Å². The average molecular weight is 464 g/mol. The van der Waals surface area contributed by atoms with Gasteiger partial charge in [0.25, 0.3) is 0 Å². The Bertz CT molecular complexity index is 1180. The Kier molecular flexibility index (Phi) is 6.25. The maximum absolute atomic E-state index is 12.0. The third-order valence-corrected chi connectivity index (χ3v) is 7.25. The van der Waals surface area contributed by atoms with Crippen LogP contribution in [0.3, 0.4) is 0 Å². The lowest BCUT2D eigenvalue weighted by molar-refractivity contribution is 0.0691. The number of aromatic nitrogens is 4. The van der Waals surface area contributed by atoms with Gasteiger partial charge in [0.1, 0.15) is 5.82 Å². The fourth-order valence-electron chi connectivity index (χ4n) is 5.25. The highest BCUT2D eigenvalue weighted by Gasteiger charge is 2.27. The van der Waals surface area contributed by atoms with Crippen molar-refractivity contribution in [3.8, 4) is 11.1 Å². The molecule has 1 atom stereocenters. The van der Waals surface area contributed by atoms with Crippen molar-refractivity contribution in [2.24, 2.45) is 0 Å². The molecule has 34 heavy (non-hydrogen) atoms. The minimum Gasteiger partial charge on any atom is -0.477 e. The molecule has 0 amide bonds. The van der Waals surface area contributed by atoms with Gasteiger partial charge in [0, 0.05) is 25.4 Å². The van der Waals surface area contributed by atoms with Crippen molar-refractivity contribution in [3.63, 3.8) is 0 Å². The van der Waals surface area contributed by atoms with Crippen molar-refractivity contribution in [3.05, 3.63) is 35.8 Å². The van der Waals surface area contributed by atoms with Crippen LogP contribution in [0.4, 0.5) is 5.82 Å². The highest BCUT2D eigenvalue weighted by Crippen LogP contribution is 2.38. The van der Waals surface area contributed by atoms with Crippen LogP contribution in [0.5, 0.6) is 0 Å². The summed E-state index contributed by atoms with van der Waals surface area (Å²) in [5.41, 5.74) is 3.39. The zero-order chi connectivity index (χ0) is 23.8. The minimum absolute atomic E-state index is 0.0408. The molecule has 180 valence electrons. The lowest BCUT2D eigenvalue weighted by Gasteiger charge is -2.24. The van der Waals surface area contributed by atoms with Gasteiger partial charge in [0.15, 0.2) is 11.3 Å². The van der Waals surface area contributed by atoms with Crippen LogP contribution in [0.15, 0.2) is 24.4 Å². The number of anilines is 1. The van der Waals surface area contributed by atoms with E-state index < -0.39 is 5.97 Å². The van der Waals surface area contributed by atoms with Gasteiger partial charge in [-0.2, -0.15) is 5.10 Å². The van der Waals surface area contributed by atoms with Gasteiger partial charge in [-0.1, -0.05) is 33.1 Å². The number of carboxylic acid groups (broad SMARTS) is 1. The molecule has 3 aromatic rings. The molecular formula is C26H33N5O3. The Morgan fingerprint density at radius 3 is 2.62 bits per heavy atom. The van der Waals surface area contributed by atoms with Gasteiger partial charge in [-0.05, 0) is 48.9 Å². The topological polar surface area (TPSA) is 93.4 Å². The quantitative estimate of drug-likeness (QED) is 0.547. The first-order chi connectivity index (χ1) is 16.4. The number of hydrogen-bond acceptors (Lipinski definition) is 6. The third kappa shape index (κ3) is 4.15. The number of fused-ring (bicyclic) bond motifs is 1. The van der Waals surface area contributed by atoms with E-state index in [-0.39, 0.29) is 17.7 Å². The van der Waals surface area contributed by atoms with Gasteiger partial charge >= 0.3 is 5.97 Å². The lowest BCUT2D eigenvalue weighted by atomic mass is 9.95. The molecule has 8 nitrogen and oxygen atoms in total. The van der Waals surface area contributed by atoms with E-state index in [4.69, 9.17) is 14.8 Å². The van der Waals surface area contributed by atoms with Gasteiger partial charge in [0.2, 0.25) is 0 Å². The highest BCUT2D eigenvalue weighted by atomic mass is 16.5. The summed E-state index contributed by atoms with van der Waals surface area (Å²) in [7, 11) is 2.04. The molecule has 0 aromatic carbocycles. The first-order valence-electron chi connectivity index (χ1n) is 12.4. The van der Waals surface area contributed by atoms with E-state index in [2.05, 4.69) is 23.7 Å². The number of nitrogens with zero attached hydrogens (tertiary/aromatic N) is 5. The molecule has 2 fully saturated rings. The normalized spacial score (nSPS) is 19.2. The molecule has 1 N–H and O–H groups in total. The lowest BCUT2D eigenvalue weighted by Crippen LogP contribution is -2.32. The first-order valence-corrected chi connectivity index (χ1v) is 12.4. The van der Waals surface area contributed by atoms with E-state index in [0.29, 0.717) is 18.3 Å².